The Morgan fingerprint density at radius 1 is 0.903 bits per heavy atom. The van der Waals surface area contributed by atoms with Crippen LogP contribution in [0.5, 0.6) is 5.75 Å². The first-order valence-electron chi connectivity index (χ1n) is 10.5. The topological polar surface area (TPSA) is 38.8 Å². The molecule has 0 spiro atoms. The second kappa shape index (κ2) is 9.63. The van der Waals surface area contributed by atoms with Gasteiger partial charge in [-0.2, -0.15) is 0 Å². The summed E-state index contributed by atoms with van der Waals surface area (Å²) in [5, 5.41) is 0. The standard InChI is InChI=1S/C27H27NO3/c1-20-8-9-24(18-26(20)30-2)25(19-27(29)28-14-16-31-17-15-28)23-12-10-22(11-13-23)21-6-4-3-5-7-21/h3-13,18-19H,14-17H2,1-2H3. The lowest BCUT2D eigenvalue weighted by atomic mass is 9.94. The number of morpholine rings is 1. The molecule has 4 rings (SSSR count). The molecule has 0 aromatic heterocycles. The van der Waals surface area contributed by atoms with Gasteiger partial charge in [-0.15, -0.1) is 0 Å². The monoisotopic (exact) mass is 413 g/mol. The maximum atomic E-state index is 13.0. The van der Waals surface area contributed by atoms with Crippen LogP contribution < -0.4 is 4.74 Å². The maximum Gasteiger partial charge on any atom is 0.247 e. The summed E-state index contributed by atoms with van der Waals surface area (Å²) in [4.78, 5) is 14.9. The number of carbonyl (C=O) groups excluding carboxylic acids is 1. The van der Waals surface area contributed by atoms with Crippen molar-refractivity contribution in [2.45, 2.75) is 6.92 Å². The van der Waals surface area contributed by atoms with Gasteiger partial charge in [0.1, 0.15) is 5.75 Å². The lowest BCUT2D eigenvalue weighted by Crippen LogP contribution is -2.39. The first-order valence-corrected chi connectivity index (χ1v) is 10.5. The van der Waals surface area contributed by atoms with Crippen LogP contribution in [0.4, 0.5) is 0 Å². The zero-order chi connectivity index (χ0) is 21.6. The molecule has 1 fully saturated rings. The van der Waals surface area contributed by atoms with Crippen LogP contribution in [0, 0.1) is 6.92 Å². The third-order valence-electron chi connectivity index (χ3n) is 5.61. The quantitative estimate of drug-likeness (QED) is 0.555. The van der Waals surface area contributed by atoms with E-state index in [2.05, 4.69) is 36.4 Å². The van der Waals surface area contributed by atoms with Crippen LogP contribution in [0.3, 0.4) is 0 Å². The minimum Gasteiger partial charge on any atom is -0.496 e. The minimum absolute atomic E-state index is 0.00461. The SMILES string of the molecule is COc1cc(C(=CC(=O)N2CCOCC2)c2ccc(-c3ccccc3)cc2)ccc1C. The Morgan fingerprint density at radius 2 is 1.55 bits per heavy atom. The Bertz CT molecular complexity index is 1070. The van der Waals surface area contributed by atoms with Crippen molar-refractivity contribution in [3.05, 3.63) is 95.6 Å². The molecule has 0 atom stereocenters. The van der Waals surface area contributed by atoms with Crippen LogP contribution >= 0.6 is 0 Å². The van der Waals surface area contributed by atoms with E-state index in [0.29, 0.717) is 26.3 Å². The number of carbonyl (C=O) groups is 1. The lowest BCUT2D eigenvalue weighted by Gasteiger charge is -2.26. The van der Waals surface area contributed by atoms with Gasteiger partial charge < -0.3 is 14.4 Å². The van der Waals surface area contributed by atoms with Gasteiger partial charge in [-0.25, -0.2) is 0 Å². The first kappa shape index (κ1) is 20.9. The molecule has 0 bridgehead atoms. The fourth-order valence-electron chi connectivity index (χ4n) is 3.79. The molecule has 4 nitrogen and oxygen atoms in total. The van der Waals surface area contributed by atoms with Gasteiger partial charge in [0, 0.05) is 19.2 Å². The molecule has 0 aliphatic carbocycles. The number of aryl methyl sites for hydroxylation is 1. The maximum absolute atomic E-state index is 13.0. The summed E-state index contributed by atoms with van der Waals surface area (Å²) in [5.41, 5.74) is 6.20. The summed E-state index contributed by atoms with van der Waals surface area (Å²) in [6.07, 6.45) is 1.74. The van der Waals surface area contributed by atoms with Crippen LogP contribution in [0.1, 0.15) is 16.7 Å². The van der Waals surface area contributed by atoms with Gasteiger partial charge in [0.25, 0.3) is 0 Å². The zero-order valence-corrected chi connectivity index (χ0v) is 18.0. The molecule has 4 heteroatoms. The predicted octanol–water partition coefficient (Wildman–Crippen LogP) is 4.96. The molecule has 0 N–H and O–H groups in total. The Hall–Kier alpha value is -3.37. The van der Waals surface area contributed by atoms with E-state index in [1.54, 1.807) is 13.2 Å². The number of methoxy groups -OCH3 is 1. The van der Waals surface area contributed by atoms with E-state index in [4.69, 9.17) is 9.47 Å². The molecular formula is C27H27NO3. The molecule has 0 unspecified atom stereocenters. The van der Waals surface area contributed by atoms with Crippen molar-refractivity contribution in [3.8, 4) is 16.9 Å². The fraction of sp³-hybridized carbons (Fsp3) is 0.222. The molecule has 1 saturated heterocycles. The van der Waals surface area contributed by atoms with Gasteiger partial charge in [-0.05, 0) is 46.4 Å². The van der Waals surface area contributed by atoms with E-state index in [9.17, 15) is 4.79 Å². The van der Waals surface area contributed by atoms with Crippen molar-refractivity contribution in [2.24, 2.45) is 0 Å². The highest BCUT2D eigenvalue weighted by atomic mass is 16.5. The van der Waals surface area contributed by atoms with E-state index >= 15 is 0 Å². The van der Waals surface area contributed by atoms with E-state index in [-0.39, 0.29) is 5.91 Å². The molecule has 3 aromatic rings. The number of hydrogen-bond donors (Lipinski definition) is 0. The minimum atomic E-state index is 0.00461. The van der Waals surface area contributed by atoms with E-state index < -0.39 is 0 Å². The molecule has 1 aliphatic heterocycles. The predicted molar refractivity (Wildman–Crippen MR) is 124 cm³/mol. The molecule has 1 aliphatic rings. The Labute approximate surface area is 183 Å². The number of hydrogen-bond acceptors (Lipinski definition) is 3. The molecule has 1 heterocycles. The van der Waals surface area contributed by atoms with E-state index in [0.717, 1.165) is 33.6 Å². The summed E-state index contributed by atoms with van der Waals surface area (Å²) in [6.45, 7) is 4.41. The smallest absolute Gasteiger partial charge is 0.247 e. The van der Waals surface area contributed by atoms with Gasteiger partial charge in [0.15, 0.2) is 0 Å². The normalized spacial score (nSPS) is 14.4. The molecule has 158 valence electrons. The molecular weight excluding hydrogens is 386 g/mol. The summed E-state index contributed by atoms with van der Waals surface area (Å²) in [6, 6.07) is 24.7. The third-order valence-corrected chi connectivity index (χ3v) is 5.61. The second-order valence-electron chi connectivity index (χ2n) is 7.62. The van der Waals surface area contributed by atoms with Gasteiger partial charge in [-0.3, -0.25) is 4.79 Å². The van der Waals surface area contributed by atoms with Gasteiger partial charge >= 0.3 is 0 Å². The highest BCUT2D eigenvalue weighted by Gasteiger charge is 2.17. The van der Waals surface area contributed by atoms with Crippen molar-refractivity contribution in [1.82, 2.24) is 4.90 Å². The number of ether oxygens (including phenoxy) is 2. The van der Waals surface area contributed by atoms with Crippen LogP contribution in [0.15, 0.2) is 78.9 Å². The average Bonchev–Trinajstić information content (AvgIpc) is 2.84. The highest BCUT2D eigenvalue weighted by Crippen LogP contribution is 2.30. The number of nitrogens with zero attached hydrogens (tertiary/aromatic N) is 1. The number of benzene rings is 3. The Morgan fingerprint density at radius 3 is 2.23 bits per heavy atom. The second-order valence-corrected chi connectivity index (χ2v) is 7.62. The molecule has 0 saturated carbocycles. The molecule has 0 radical (unpaired) electrons. The van der Waals surface area contributed by atoms with Crippen molar-refractivity contribution in [2.75, 3.05) is 33.4 Å². The van der Waals surface area contributed by atoms with E-state index in [1.807, 2.05) is 48.2 Å². The van der Waals surface area contributed by atoms with Gasteiger partial charge in [0.05, 0.1) is 20.3 Å². The molecule has 3 aromatic carbocycles. The molecule has 1 amide bonds. The fourth-order valence-corrected chi connectivity index (χ4v) is 3.79. The first-order chi connectivity index (χ1) is 15.2. The Kier molecular flexibility index (Phi) is 6.48. The number of amides is 1. The summed E-state index contributed by atoms with van der Waals surface area (Å²) < 4.78 is 10.9. The summed E-state index contributed by atoms with van der Waals surface area (Å²) in [5.74, 6) is 0.813. The van der Waals surface area contributed by atoms with Crippen LogP contribution in [0.25, 0.3) is 16.7 Å². The van der Waals surface area contributed by atoms with Crippen LogP contribution in [-0.2, 0) is 9.53 Å². The van der Waals surface area contributed by atoms with Crippen LogP contribution in [0.2, 0.25) is 0 Å². The summed E-state index contributed by atoms with van der Waals surface area (Å²) in [7, 11) is 1.67. The Balaban J connectivity index is 1.73. The molecule has 31 heavy (non-hydrogen) atoms. The van der Waals surface area contributed by atoms with Crippen molar-refractivity contribution >= 4 is 11.5 Å². The van der Waals surface area contributed by atoms with Gasteiger partial charge in [-0.1, -0.05) is 66.7 Å². The van der Waals surface area contributed by atoms with Crippen molar-refractivity contribution in [1.29, 1.82) is 0 Å². The van der Waals surface area contributed by atoms with Crippen molar-refractivity contribution < 1.29 is 14.3 Å². The third kappa shape index (κ3) is 4.86. The zero-order valence-electron chi connectivity index (χ0n) is 18.0. The highest BCUT2D eigenvalue weighted by molar-refractivity contribution is 5.99. The van der Waals surface area contributed by atoms with Crippen LogP contribution in [-0.4, -0.2) is 44.2 Å². The van der Waals surface area contributed by atoms with Gasteiger partial charge in [0.2, 0.25) is 5.91 Å². The number of rotatable bonds is 5. The van der Waals surface area contributed by atoms with E-state index in [1.165, 1.54) is 5.56 Å². The largest absolute Gasteiger partial charge is 0.496 e. The summed E-state index contributed by atoms with van der Waals surface area (Å²) >= 11 is 0. The average molecular weight is 414 g/mol. The lowest BCUT2D eigenvalue weighted by molar-refractivity contribution is -0.129. The van der Waals surface area contributed by atoms with Crippen molar-refractivity contribution in [3.63, 3.8) is 0 Å².